The topological polar surface area (TPSA) is 64.8 Å². The third kappa shape index (κ3) is 2.58. The quantitative estimate of drug-likeness (QED) is 0.913. The van der Waals surface area contributed by atoms with Crippen molar-refractivity contribution in [3.8, 4) is 11.5 Å². The molecule has 1 aliphatic carbocycles. The molecule has 1 saturated carbocycles. The first-order valence-corrected chi connectivity index (χ1v) is 7.37. The van der Waals surface area contributed by atoms with Gasteiger partial charge in [-0.1, -0.05) is 0 Å². The average Bonchev–Trinajstić information content (AvgIpc) is 3.08. The lowest BCUT2D eigenvalue weighted by atomic mass is 9.97. The summed E-state index contributed by atoms with van der Waals surface area (Å²) in [6.45, 7) is 1.48. The summed E-state index contributed by atoms with van der Waals surface area (Å²) >= 11 is 0. The lowest BCUT2D eigenvalue weighted by Gasteiger charge is -2.21. The van der Waals surface area contributed by atoms with E-state index in [1.165, 1.54) is 0 Å². The Morgan fingerprint density at radius 1 is 1.33 bits per heavy atom. The molecule has 1 aromatic rings. The zero-order chi connectivity index (χ0) is 15.0. The van der Waals surface area contributed by atoms with Crippen molar-refractivity contribution in [1.29, 1.82) is 0 Å². The van der Waals surface area contributed by atoms with Gasteiger partial charge in [-0.3, -0.25) is 4.79 Å². The van der Waals surface area contributed by atoms with Gasteiger partial charge >= 0.3 is 0 Å². The number of ether oxygens (including phenoxy) is 2. The molecule has 1 amide bonds. The summed E-state index contributed by atoms with van der Waals surface area (Å²) in [5.74, 6) is 2.05. The second-order valence-electron chi connectivity index (χ2n) is 6.00. The minimum Gasteiger partial charge on any atom is -0.497 e. The van der Waals surface area contributed by atoms with Gasteiger partial charge in [0.25, 0.3) is 0 Å². The number of nitrogens with zero attached hydrogens (tertiary/aromatic N) is 1. The van der Waals surface area contributed by atoms with Crippen molar-refractivity contribution in [3.63, 3.8) is 0 Å². The molecule has 2 N–H and O–H groups in total. The van der Waals surface area contributed by atoms with Gasteiger partial charge in [-0.2, -0.15) is 0 Å². The number of hydrogen-bond donors (Lipinski definition) is 1. The van der Waals surface area contributed by atoms with E-state index in [2.05, 4.69) is 0 Å². The lowest BCUT2D eigenvalue weighted by molar-refractivity contribution is -0.132. The molecule has 1 heterocycles. The minimum atomic E-state index is -0.576. The van der Waals surface area contributed by atoms with E-state index < -0.39 is 5.54 Å². The average molecular weight is 290 g/mol. The highest BCUT2D eigenvalue weighted by Crippen LogP contribution is 2.39. The highest BCUT2D eigenvalue weighted by molar-refractivity contribution is 5.89. The fourth-order valence-electron chi connectivity index (χ4n) is 3.02. The highest BCUT2D eigenvalue weighted by Gasteiger charge is 2.49. The van der Waals surface area contributed by atoms with E-state index in [9.17, 15) is 4.79 Å². The van der Waals surface area contributed by atoms with Crippen LogP contribution in [-0.2, 0) is 4.79 Å². The molecule has 3 rings (SSSR count). The number of rotatable bonds is 4. The van der Waals surface area contributed by atoms with Gasteiger partial charge in [-0.15, -0.1) is 0 Å². The van der Waals surface area contributed by atoms with E-state index in [1.807, 2.05) is 23.1 Å². The van der Waals surface area contributed by atoms with Crippen LogP contribution in [0.4, 0.5) is 0 Å². The van der Waals surface area contributed by atoms with Crippen molar-refractivity contribution in [3.05, 3.63) is 23.8 Å². The number of carbonyl (C=O) groups excluding carboxylic acids is 1. The number of methoxy groups -OCH3 is 2. The normalized spacial score (nSPS) is 23.0. The van der Waals surface area contributed by atoms with E-state index in [1.54, 1.807) is 14.2 Å². The third-order valence-electron chi connectivity index (χ3n) is 4.57. The first-order valence-electron chi connectivity index (χ1n) is 7.37. The molecule has 0 bridgehead atoms. The molecule has 114 valence electrons. The summed E-state index contributed by atoms with van der Waals surface area (Å²) in [6, 6.07) is 5.82. The molecule has 1 saturated heterocycles. The van der Waals surface area contributed by atoms with Crippen LogP contribution in [0.25, 0.3) is 0 Å². The van der Waals surface area contributed by atoms with E-state index in [-0.39, 0.29) is 11.8 Å². The van der Waals surface area contributed by atoms with Crippen molar-refractivity contribution in [2.75, 3.05) is 27.3 Å². The van der Waals surface area contributed by atoms with Crippen LogP contribution in [0.1, 0.15) is 30.7 Å². The number of carbonyl (C=O) groups is 1. The van der Waals surface area contributed by atoms with E-state index in [4.69, 9.17) is 15.2 Å². The second kappa shape index (κ2) is 5.22. The summed E-state index contributed by atoms with van der Waals surface area (Å²) in [7, 11) is 3.32. The Balaban J connectivity index is 1.78. The highest BCUT2D eigenvalue weighted by atomic mass is 16.5. The molecular weight excluding hydrogens is 268 g/mol. The van der Waals surface area contributed by atoms with Crippen molar-refractivity contribution >= 4 is 5.91 Å². The number of benzene rings is 1. The lowest BCUT2D eigenvalue weighted by Crippen LogP contribution is -2.44. The second-order valence-corrected chi connectivity index (χ2v) is 6.00. The number of nitrogens with two attached hydrogens (primary N) is 1. The summed E-state index contributed by atoms with van der Waals surface area (Å²) in [5, 5.41) is 0. The van der Waals surface area contributed by atoms with Crippen LogP contribution in [0.5, 0.6) is 11.5 Å². The van der Waals surface area contributed by atoms with Gasteiger partial charge in [-0.25, -0.2) is 0 Å². The Labute approximate surface area is 125 Å². The molecular formula is C16H22N2O3. The molecule has 5 heteroatoms. The minimum absolute atomic E-state index is 0.104. The Morgan fingerprint density at radius 3 is 2.71 bits per heavy atom. The molecule has 5 nitrogen and oxygen atoms in total. The standard InChI is InChI=1S/C16H22N2O3/c1-20-12-3-4-14(21-2)13(9-12)11-5-8-18(10-11)15(19)16(17)6-7-16/h3-4,9,11H,5-8,10,17H2,1-2H3. The summed E-state index contributed by atoms with van der Waals surface area (Å²) in [5.41, 5.74) is 6.55. The van der Waals surface area contributed by atoms with Crippen LogP contribution < -0.4 is 15.2 Å². The first-order chi connectivity index (χ1) is 10.1. The summed E-state index contributed by atoms with van der Waals surface area (Å²) in [4.78, 5) is 14.2. The SMILES string of the molecule is COc1ccc(OC)c(C2CCN(C(=O)C3(N)CC3)C2)c1. The largest absolute Gasteiger partial charge is 0.497 e. The van der Waals surface area contributed by atoms with Crippen molar-refractivity contribution in [2.45, 2.75) is 30.7 Å². The predicted molar refractivity (Wildman–Crippen MR) is 79.6 cm³/mol. The molecule has 0 radical (unpaired) electrons. The van der Waals surface area contributed by atoms with Gasteiger partial charge in [0, 0.05) is 24.6 Å². The van der Waals surface area contributed by atoms with E-state index in [0.29, 0.717) is 6.54 Å². The van der Waals surface area contributed by atoms with Crippen LogP contribution in [0.3, 0.4) is 0 Å². The maximum atomic E-state index is 12.3. The maximum Gasteiger partial charge on any atom is 0.242 e. The van der Waals surface area contributed by atoms with Crippen molar-refractivity contribution in [2.24, 2.45) is 5.73 Å². The number of likely N-dealkylation sites (tertiary alicyclic amines) is 1. The van der Waals surface area contributed by atoms with Crippen LogP contribution >= 0.6 is 0 Å². The van der Waals surface area contributed by atoms with Gasteiger partial charge < -0.3 is 20.1 Å². The Bertz CT molecular complexity index is 554. The monoisotopic (exact) mass is 290 g/mol. The van der Waals surface area contributed by atoms with Gasteiger partial charge in [0.05, 0.1) is 19.8 Å². The van der Waals surface area contributed by atoms with Crippen molar-refractivity contribution < 1.29 is 14.3 Å². The summed E-state index contributed by atoms with van der Waals surface area (Å²) < 4.78 is 10.7. The zero-order valence-electron chi connectivity index (χ0n) is 12.6. The molecule has 21 heavy (non-hydrogen) atoms. The molecule has 1 atom stereocenters. The fourth-order valence-corrected chi connectivity index (χ4v) is 3.02. The van der Waals surface area contributed by atoms with Gasteiger partial charge in [0.15, 0.2) is 0 Å². The van der Waals surface area contributed by atoms with Gasteiger partial charge in [0.1, 0.15) is 11.5 Å². The molecule has 1 unspecified atom stereocenters. The first kappa shape index (κ1) is 14.2. The number of amides is 1. The molecule has 0 aromatic heterocycles. The third-order valence-corrected chi connectivity index (χ3v) is 4.57. The molecule has 1 aromatic carbocycles. The molecule has 1 aliphatic heterocycles. The molecule has 0 spiro atoms. The van der Waals surface area contributed by atoms with Crippen LogP contribution in [0, 0.1) is 0 Å². The predicted octanol–water partition coefficient (Wildman–Crippen LogP) is 1.51. The number of hydrogen-bond acceptors (Lipinski definition) is 4. The Kier molecular flexibility index (Phi) is 3.53. The van der Waals surface area contributed by atoms with Gasteiger partial charge in [-0.05, 0) is 37.5 Å². The zero-order valence-corrected chi connectivity index (χ0v) is 12.6. The fraction of sp³-hybridized carbons (Fsp3) is 0.562. The van der Waals surface area contributed by atoms with Crippen LogP contribution in [-0.4, -0.2) is 43.7 Å². The Morgan fingerprint density at radius 2 is 2.10 bits per heavy atom. The smallest absolute Gasteiger partial charge is 0.242 e. The van der Waals surface area contributed by atoms with Crippen molar-refractivity contribution in [1.82, 2.24) is 4.90 Å². The van der Waals surface area contributed by atoms with E-state index in [0.717, 1.165) is 42.9 Å². The maximum absolute atomic E-state index is 12.3. The van der Waals surface area contributed by atoms with Crippen LogP contribution in [0.15, 0.2) is 18.2 Å². The summed E-state index contributed by atoms with van der Waals surface area (Å²) in [6.07, 6.45) is 2.57. The molecule has 2 fully saturated rings. The van der Waals surface area contributed by atoms with E-state index >= 15 is 0 Å². The molecule has 2 aliphatic rings. The van der Waals surface area contributed by atoms with Gasteiger partial charge in [0.2, 0.25) is 5.91 Å². The Hall–Kier alpha value is -1.75. The van der Waals surface area contributed by atoms with Crippen LogP contribution in [0.2, 0.25) is 0 Å².